The van der Waals surface area contributed by atoms with Crippen LogP contribution in [0.25, 0.3) is 0 Å². The van der Waals surface area contributed by atoms with Gasteiger partial charge in [-0.15, -0.1) is 0 Å². The van der Waals surface area contributed by atoms with Crippen LogP contribution < -0.4 is 5.32 Å². The van der Waals surface area contributed by atoms with E-state index in [4.69, 9.17) is 0 Å². The number of benzene rings is 1. The van der Waals surface area contributed by atoms with Gasteiger partial charge in [0.1, 0.15) is 0 Å². The Kier molecular flexibility index (Phi) is 6.74. The van der Waals surface area contributed by atoms with E-state index in [1.54, 1.807) is 7.05 Å². The highest BCUT2D eigenvalue weighted by Crippen LogP contribution is 2.29. The molecule has 0 aromatic heterocycles. The van der Waals surface area contributed by atoms with Crippen LogP contribution in [0.2, 0.25) is 0 Å². The summed E-state index contributed by atoms with van der Waals surface area (Å²) in [5.74, 6) is 0.200. The fourth-order valence-electron chi connectivity index (χ4n) is 2.96. The van der Waals surface area contributed by atoms with E-state index in [2.05, 4.69) is 5.32 Å². The molecule has 0 spiro atoms. The third-order valence-electron chi connectivity index (χ3n) is 4.63. The van der Waals surface area contributed by atoms with Gasteiger partial charge in [-0.2, -0.15) is 13.2 Å². The van der Waals surface area contributed by atoms with E-state index in [1.165, 1.54) is 27.6 Å². The number of piperidine rings is 1. The standard InChI is InChI=1S/C17H24F3N3O3S/c1-22(12-14-3-5-15(6-4-14)17(18,19)20)16(24)21-11-13-7-9-23(10-8-13)27(2,25)26/h3-6,13H,7-12H2,1-2H3,(H,21,24). The molecular weight excluding hydrogens is 383 g/mol. The minimum absolute atomic E-state index is 0.191. The molecule has 0 bridgehead atoms. The van der Waals surface area contributed by atoms with Crippen molar-refractivity contribution in [1.82, 2.24) is 14.5 Å². The maximum atomic E-state index is 12.6. The highest BCUT2D eigenvalue weighted by atomic mass is 32.2. The Morgan fingerprint density at radius 2 is 1.78 bits per heavy atom. The molecule has 152 valence electrons. The number of alkyl halides is 3. The van der Waals surface area contributed by atoms with Crippen molar-refractivity contribution < 1.29 is 26.4 Å². The summed E-state index contributed by atoms with van der Waals surface area (Å²) in [5, 5.41) is 2.80. The summed E-state index contributed by atoms with van der Waals surface area (Å²) in [6.07, 6.45) is -1.84. The number of nitrogens with zero attached hydrogens (tertiary/aromatic N) is 2. The second-order valence-corrected chi connectivity index (χ2v) is 8.82. The van der Waals surface area contributed by atoms with Crippen molar-refractivity contribution in [2.45, 2.75) is 25.6 Å². The van der Waals surface area contributed by atoms with E-state index < -0.39 is 21.8 Å². The zero-order valence-electron chi connectivity index (χ0n) is 15.3. The summed E-state index contributed by atoms with van der Waals surface area (Å²) in [5.41, 5.74) is -0.124. The molecule has 2 rings (SSSR count). The van der Waals surface area contributed by atoms with Gasteiger partial charge in [0.2, 0.25) is 10.0 Å². The van der Waals surface area contributed by atoms with Gasteiger partial charge < -0.3 is 10.2 Å². The minimum atomic E-state index is -4.38. The van der Waals surface area contributed by atoms with E-state index >= 15 is 0 Å². The first-order chi connectivity index (χ1) is 12.5. The Labute approximate surface area is 157 Å². The largest absolute Gasteiger partial charge is 0.416 e. The summed E-state index contributed by atoms with van der Waals surface area (Å²) >= 11 is 0. The van der Waals surface area contributed by atoms with Crippen LogP contribution in [0.1, 0.15) is 24.0 Å². The van der Waals surface area contributed by atoms with Gasteiger partial charge in [0.15, 0.2) is 0 Å². The Morgan fingerprint density at radius 3 is 2.26 bits per heavy atom. The molecule has 0 unspecified atom stereocenters. The van der Waals surface area contributed by atoms with E-state index in [9.17, 15) is 26.4 Å². The zero-order valence-corrected chi connectivity index (χ0v) is 16.1. The molecule has 6 nitrogen and oxygen atoms in total. The first kappa shape index (κ1) is 21.5. The predicted octanol–water partition coefficient (Wildman–Crippen LogP) is 2.52. The lowest BCUT2D eigenvalue weighted by Crippen LogP contribution is -2.43. The predicted molar refractivity (Wildman–Crippen MR) is 95.5 cm³/mol. The summed E-state index contributed by atoms with van der Waals surface area (Å²) in [4.78, 5) is 13.6. The van der Waals surface area contributed by atoms with E-state index in [0.717, 1.165) is 12.1 Å². The molecule has 0 radical (unpaired) electrons. The third-order valence-corrected chi connectivity index (χ3v) is 5.94. The molecule has 1 fully saturated rings. The molecule has 1 saturated heterocycles. The van der Waals surface area contributed by atoms with Gasteiger partial charge in [-0.1, -0.05) is 12.1 Å². The first-order valence-electron chi connectivity index (χ1n) is 8.57. The minimum Gasteiger partial charge on any atom is -0.338 e. The topological polar surface area (TPSA) is 69.7 Å². The van der Waals surface area contributed by atoms with Gasteiger partial charge in [-0.3, -0.25) is 0 Å². The number of urea groups is 1. The van der Waals surface area contributed by atoms with Crippen molar-refractivity contribution >= 4 is 16.1 Å². The number of nitrogens with one attached hydrogen (secondary N) is 1. The van der Waals surface area contributed by atoms with Gasteiger partial charge in [0.05, 0.1) is 11.8 Å². The third kappa shape index (κ3) is 6.39. The SMILES string of the molecule is CN(Cc1ccc(C(F)(F)F)cc1)C(=O)NCC1CCN(S(C)(=O)=O)CC1. The molecule has 10 heteroatoms. The highest BCUT2D eigenvalue weighted by Gasteiger charge is 2.30. The molecule has 0 atom stereocenters. The summed E-state index contributed by atoms with van der Waals surface area (Å²) in [6, 6.07) is 4.38. The number of amides is 2. The van der Waals surface area contributed by atoms with E-state index in [-0.39, 0.29) is 18.5 Å². The molecule has 1 N–H and O–H groups in total. The van der Waals surface area contributed by atoms with Crippen LogP contribution in [-0.2, 0) is 22.7 Å². The summed E-state index contributed by atoms with van der Waals surface area (Å²) in [7, 11) is -1.60. The number of hydrogen-bond acceptors (Lipinski definition) is 3. The molecule has 1 aromatic rings. The second kappa shape index (κ2) is 8.47. The van der Waals surface area contributed by atoms with Crippen LogP contribution in [0.3, 0.4) is 0 Å². The molecular formula is C17H24F3N3O3S. The monoisotopic (exact) mass is 407 g/mol. The molecule has 1 aliphatic rings. The van der Waals surface area contributed by atoms with E-state index in [1.807, 2.05) is 0 Å². The maximum Gasteiger partial charge on any atom is 0.416 e. The lowest BCUT2D eigenvalue weighted by atomic mass is 9.98. The van der Waals surface area contributed by atoms with Crippen molar-refractivity contribution in [3.63, 3.8) is 0 Å². The molecule has 1 aliphatic heterocycles. The van der Waals surface area contributed by atoms with Gasteiger partial charge >= 0.3 is 12.2 Å². The van der Waals surface area contributed by atoms with Crippen molar-refractivity contribution in [1.29, 1.82) is 0 Å². The van der Waals surface area contributed by atoms with Crippen molar-refractivity contribution in [3.8, 4) is 0 Å². The molecule has 1 heterocycles. The van der Waals surface area contributed by atoms with Crippen molar-refractivity contribution in [3.05, 3.63) is 35.4 Å². The Bertz CT molecular complexity index is 743. The van der Waals surface area contributed by atoms with Gasteiger partial charge in [-0.05, 0) is 36.5 Å². The van der Waals surface area contributed by atoms with Crippen molar-refractivity contribution in [2.24, 2.45) is 5.92 Å². The summed E-state index contributed by atoms with van der Waals surface area (Å²) in [6.45, 7) is 1.52. The van der Waals surface area contributed by atoms with Crippen LogP contribution in [0.4, 0.5) is 18.0 Å². The van der Waals surface area contributed by atoms with Gasteiger partial charge in [0, 0.05) is 33.2 Å². The van der Waals surface area contributed by atoms with Crippen LogP contribution in [0.15, 0.2) is 24.3 Å². The smallest absolute Gasteiger partial charge is 0.338 e. The normalized spacial score (nSPS) is 16.9. The lowest BCUT2D eigenvalue weighted by molar-refractivity contribution is -0.137. The average molecular weight is 407 g/mol. The van der Waals surface area contributed by atoms with Gasteiger partial charge in [0.25, 0.3) is 0 Å². The Hall–Kier alpha value is -1.81. The second-order valence-electron chi connectivity index (χ2n) is 6.84. The fourth-order valence-corrected chi connectivity index (χ4v) is 3.83. The van der Waals surface area contributed by atoms with Crippen molar-refractivity contribution in [2.75, 3.05) is 32.9 Å². The number of halogens is 3. The van der Waals surface area contributed by atoms with Gasteiger partial charge in [-0.25, -0.2) is 17.5 Å². The molecule has 0 aliphatic carbocycles. The molecule has 1 aromatic carbocycles. The fraction of sp³-hybridized carbons (Fsp3) is 0.588. The average Bonchev–Trinajstić information content (AvgIpc) is 2.59. The summed E-state index contributed by atoms with van der Waals surface area (Å²) < 4.78 is 62.1. The maximum absolute atomic E-state index is 12.6. The number of rotatable bonds is 5. The van der Waals surface area contributed by atoms with E-state index in [0.29, 0.717) is 38.0 Å². The van der Waals surface area contributed by atoms with Crippen LogP contribution >= 0.6 is 0 Å². The Morgan fingerprint density at radius 1 is 1.22 bits per heavy atom. The van der Waals surface area contributed by atoms with Crippen LogP contribution in [0, 0.1) is 5.92 Å². The lowest BCUT2D eigenvalue weighted by Gasteiger charge is -2.30. The Balaban J connectivity index is 1.78. The molecule has 27 heavy (non-hydrogen) atoms. The number of sulfonamides is 1. The highest BCUT2D eigenvalue weighted by molar-refractivity contribution is 7.88. The number of carbonyl (C=O) groups is 1. The van der Waals surface area contributed by atoms with Crippen LogP contribution in [0.5, 0.6) is 0 Å². The number of hydrogen-bond donors (Lipinski definition) is 1. The quantitative estimate of drug-likeness (QED) is 0.816. The zero-order chi connectivity index (χ0) is 20.2. The molecule has 0 saturated carbocycles. The number of carbonyl (C=O) groups excluding carboxylic acids is 1. The van der Waals surface area contributed by atoms with Crippen LogP contribution in [-0.4, -0.2) is 56.6 Å². The molecule has 2 amide bonds. The first-order valence-corrected chi connectivity index (χ1v) is 10.4.